The van der Waals surface area contributed by atoms with Crippen molar-refractivity contribution in [3.05, 3.63) is 42.1 Å². The van der Waals surface area contributed by atoms with E-state index in [2.05, 4.69) is 37.6 Å². The Hall–Kier alpha value is -3.15. The van der Waals surface area contributed by atoms with Gasteiger partial charge < -0.3 is 20.3 Å². The molecule has 190 valence electrons. The summed E-state index contributed by atoms with van der Waals surface area (Å²) in [6.45, 7) is 11.4. The van der Waals surface area contributed by atoms with Crippen LogP contribution in [-0.4, -0.2) is 75.9 Å². The van der Waals surface area contributed by atoms with Gasteiger partial charge in [0.2, 0.25) is 5.91 Å². The second kappa shape index (κ2) is 10.5. The summed E-state index contributed by atoms with van der Waals surface area (Å²) >= 11 is 1.49. The van der Waals surface area contributed by atoms with E-state index in [1.807, 2.05) is 50.2 Å². The number of aromatic amines is 1. The number of nitrogens with one attached hydrogen (secondary N) is 3. The summed E-state index contributed by atoms with van der Waals surface area (Å²) in [5, 5.41) is 14.1. The number of morpholine rings is 1. The molecule has 2 saturated heterocycles. The van der Waals surface area contributed by atoms with Gasteiger partial charge in [-0.15, -0.1) is 0 Å². The van der Waals surface area contributed by atoms with Crippen LogP contribution < -0.4 is 15.5 Å². The number of aromatic nitrogens is 4. The average molecular weight is 509 g/mol. The van der Waals surface area contributed by atoms with Crippen LogP contribution in [0.3, 0.4) is 0 Å². The Balaban J connectivity index is 1.34. The summed E-state index contributed by atoms with van der Waals surface area (Å²) in [6.07, 6.45) is 0.448. The summed E-state index contributed by atoms with van der Waals surface area (Å²) in [7, 11) is 0. The number of aryl methyl sites for hydroxylation is 1. The molecule has 2 aliphatic heterocycles. The van der Waals surface area contributed by atoms with E-state index >= 15 is 0 Å². The van der Waals surface area contributed by atoms with Crippen LogP contribution in [0.1, 0.15) is 26.0 Å². The minimum Gasteiger partial charge on any atom is -0.379 e. The van der Waals surface area contributed by atoms with Gasteiger partial charge in [0, 0.05) is 61.0 Å². The highest BCUT2D eigenvalue weighted by Crippen LogP contribution is 2.35. The Morgan fingerprint density at radius 3 is 2.56 bits per heavy atom. The number of hydrogen-bond donors (Lipinski definition) is 3. The lowest BCUT2D eigenvalue weighted by molar-refractivity contribution is -0.115. The maximum atomic E-state index is 11.7. The second-order valence-corrected chi connectivity index (χ2v) is 10.5. The number of carbonyl (C=O) groups excluding carboxylic acids is 1. The Morgan fingerprint density at radius 1 is 1.14 bits per heavy atom. The summed E-state index contributed by atoms with van der Waals surface area (Å²) in [5.41, 5.74) is 1.87. The molecular weight excluding hydrogens is 476 g/mol. The normalized spacial score (nSPS) is 17.5. The third kappa shape index (κ3) is 5.63. The quantitative estimate of drug-likeness (QED) is 0.393. The zero-order chi connectivity index (χ0) is 25.1. The van der Waals surface area contributed by atoms with Crippen LogP contribution >= 0.6 is 11.8 Å². The number of carbonyl (C=O) groups is 1. The standard InChI is InChI=1S/C25H32N8O2S/c1-4-23(34)26-18-5-7-19(8-6-18)36-24-28-20(27-21-13-17(2)30-31-21)14-22(29-24)32-15-25(3,16-32)33-9-11-35-12-10-33/h5-8,13-14H,4,9-12,15-16H2,1-3H3,(H,26,34)(H2,27,28,29,30,31). The minimum atomic E-state index is -0.00520. The molecule has 2 aromatic heterocycles. The Bertz CT molecular complexity index is 1200. The zero-order valence-electron chi connectivity index (χ0n) is 20.9. The van der Waals surface area contributed by atoms with Gasteiger partial charge in [0.05, 0.1) is 18.8 Å². The van der Waals surface area contributed by atoms with E-state index in [4.69, 9.17) is 14.7 Å². The molecule has 11 heteroatoms. The third-order valence-electron chi connectivity index (χ3n) is 6.48. The van der Waals surface area contributed by atoms with Crippen molar-refractivity contribution in [3.8, 4) is 0 Å². The molecule has 0 bridgehead atoms. The highest BCUT2D eigenvalue weighted by Gasteiger charge is 2.44. The average Bonchev–Trinajstić information content (AvgIpc) is 3.27. The van der Waals surface area contributed by atoms with Crippen molar-refractivity contribution >= 4 is 40.8 Å². The van der Waals surface area contributed by atoms with Crippen molar-refractivity contribution < 1.29 is 9.53 Å². The molecule has 0 radical (unpaired) electrons. The van der Waals surface area contributed by atoms with Crippen LogP contribution in [0.5, 0.6) is 0 Å². The monoisotopic (exact) mass is 508 g/mol. The number of benzene rings is 1. The fraction of sp³-hybridized carbons (Fsp3) is 0.440. The van der Waals surface area contributed by atoms with Gasteiger partial charge in [0.25, 0.3) is 0 Å². The molecule has 4 heterocycles. The van der Waals surface area contributed by atoms with Gasteiger partial charge in [0.15, 0.2) is 11.0 Å². The van der Waals surface area contributed by atoms with Crippen molar-refractivity contribution in [2.24, 2.45) is 0 Å². The number of hydrogen-bond acceptors (Lipinski definition) is 9. The molecule has 1 aromatic carbocycles. The zero-order valence-corrected chi connectivity index (χ0v) is 21.7. The van der Waals surface area contributed by atoms with Crippen LogP contribution in [0.25, 0.3) is 0 Å². The third-order valence-corrected chi connectivity index (χ3v) is 7.36. The SMILES string of the molecule is CCC(=O)Nc1ccc(Sc2nc(Nc3cc(C)[nH]n3)cc(N3CC(C)(N4CCOCC4)C3)n2)cc1. The lowest BCUT2D eigenvalue weighted by atomic mass is 9.89. The molecule has 0 saturated carbocycles. The first-order chi connectivity index (χ1) is 17.4. The fourth-order valence-corrected chi connectivity index (χ4v) is 5.27. The maximum absolute atomic E-state index is 11.7. The van der Waals surface area contributed by atoms with E-state index < -0.39 is 0 Å². The van der Waals surface area contributed by atoms with Gasteiger partial charge in [-0.05, 0) is 49.9 Å². The predicted molar refractivity (Wildman–Crippen MR) is 141 cm³/mol. The van der Waals surface area contributed by atoms with E-state index in [0.717, 1.165) is 61.5 Å². The molecule has 0 atom stereocenters. The topological polar surface area (TPSA) is 111 Å². The lowest BCUT2D eigenvalue weighted by Crippen LogP contribution is -2.70. The summed E-state index contributed by atoms with van der Waals surface area (Å²) < 4.78 is 5.54. The first kappa shape index (κ1) is 24.5. The highest BCUT2D eigenvalue weighted by atomic mass is 32.2. The van der Waals surface area contributed by atoms with Crippen molar-refractivity contribution in [1.29, 1.82) is 0 Å². The van der Waals surface area contributed by atoms with Gasteiger partial charge in [0.1, 0.15) is 11.6 Å². The molecule has 5 rings (SSSR count). The molecule has 3 N–H and O–H groups in total. The van der Waals surface area contributed by atoms with Crippen LogP contribution in [0.15, 0.2) is 46.5 Å². The molecule has 3 aromatic rings. The predicted octanol–water partition coefficient (Wildman–Crippen LogP) is 3.66. The summed E-state index contributed by atoms with van der Waals surface area (Å²) in [5.74, 6) is 2.29. The molecule has 2 aliphatic rings. The van der Waals surface area contributed by atoms with Gasteiger partial charge in [-0.3, -0.25) is 14.8 Å². The minimum absolute atomic E-state index is 0.00520. The molecule has 0 unspecified atom stereocenters. The van der Waals surface area contributed by atoms with Gasteiger partial charge in [-0.1, -0.05) is 6.92 Å². The number of rotatable bonds is 8. The first-order valence-corrected chi connectivity index (χ1v) is 13.1. The van der Waals surface area contributed by atoms with Crippen LogP contribution in [-0.2, 0) is 9.53 Å². The smallest absolute Gasteiger partial charge is 0.224 e. The largest absolute Gasteiger partial charge is 0.379 e. The molecule has 2 fully saturated rings. The van der Waals surface area contributed by atoms with Gasteiger partial charge >= 0.3 is 0 Å². The number of anilines is 4. The van der Waals surface area contributed by atoms with Crippen LogP contribution in [0, 0.1) is 6.92 Å². The van der Waals surface area contributed by atoms with Crippen LogP contribution in [0.4, 0.5) is 23.1 Å². The highest BCUT2D eigenvalue weighted by molar-refractivity contribution is 7.99. The van der Waals surface area contributed by atoms with E-state index in [-0.39, 0.29) is 11.4 Å². The number of amides is 1. The van der Waals surface area contributed by atoms with Crippen LogP contribution in [0.2, 0.25) is 0 Å². The Kier molecular flexibility index (Phi) is 7.13. The Morgan fingerprint density at radius 2 is 1.89 bits per heavy atom. The second-order valence-electron chi connectivity index (χ2n) is 9.44. The van der Waals surface area contributed by atoms with E-state index in [0.29, 0.717) is 23.2 Å². The number of H-pyrrole nitrogens is 1. The molecule has 0 spiro atoms. The summed E-state index contributed by atoms with van der Waals surface area (Å²) in [6, 6.07) is 11.7. The Labute approximate surface area is 215 Å². The summed E-state index contributed by atoms with van der Waals surface area (Å²) in [4.78, 5) is 27.1. The first-order valence-electron chi connectivity index (χ1n) is 12.2. The molecular formula is C25H32N8O2S. The number of nitrogens with zero attached hydrogens (tertiary/aromatic N) is 5. The number of ether oxygens (including phenoxy) is 1. The van der Waals surface area contributed by atoms with E-state index in [9.17, 15) is 4.79 Å². The van der Waals surface area contributed by atoms with E-state index in [1.165, 1.54) is 11.8 Å². The van der Waals surface area contributed by atoms with Gasteiger partial charge in [-0.2, -0.15) is 5.10 Å². The van der Waals surface area contributed by atoms with Crippen molar-refractivity contribution in [3.63, 3.8) is 0 Å². The van der Waals surface area contributed by atoms with Crippen molar-refractivity contribution in [2.75, 3.05) is 54.9 Å². The van der Waals surface area contributed by atoms with Crippen molar-refractivity contribution in [2.45, 2.75) is 42.8 Å². The molecule has 1 amide bonds. The van der Waals surface area contributed by atoms with Gasteiger partial charge in [-0.25, -0.2) is 9.97 Å². The van der Waals surface area contributed by atoms with Crippen molar-refractivity contribution in [1.82, 2.24) is 25.1 Å². The maximum Gasteiger partial charge on any atom is 0.224 e. The van der Waals surface area contributed by atoms with E-state index in [1.54, 1.807) is 0 Å². The molecule has 0 aliphatic carbocycles. The fourth-order valence-electron chi connectivity index (χ4n) is 4.50. The lowest BCUT2D eigenvalue weighted by Gasteiger charge is -2.55. The molecule has 10 nitrogen and oxygen atoms in total. The molecule has 36 heavy (non-hydrogen) atoms.